The first-order valence-corrected chi connectivity index (χ1v) is 8.28. The summed E-state index contributed by atoms with van der Waals surface area (Å²) in [6, 6.07) is 12.8. The fraction of sp³-hybridized carbons (Fsp3) is 0.111. The van der Waals surface area contributed by atoms with E-state index < -0.39 is 6.61 Å². The summed E-state index contributed by atoms with van der Waals surface area (Å²) in [6.07, 6.45) is 0. The van der Waals surface area contributed by atoms with Crippen LogP contribution in [0.1, 0.15) is 15.4 Å². The number of benzene rings is 2. The SMILES string of the molecule is Cc1nc(-c2ccc(NC(=O)c3ccc(OC(F)F)cc3)cc2)cs1. The van der Waals surface area contributed by atoms with Crippen molar-refractivity contribution in [1.29, 1.82) is 0 Å². The molecule has 2 aromatic carbocycles. The van der Waals surface area contributed by atoms with Gasteiger partial charge < -0.3 is 10.1 Å². The van der Waals surface area contributed by atoms with Crippen molar-refractivity contribution in [2.24, 2.45) is 0 Å². The van der Waals surface area contributed by atoms with Crippen molar-refractivity contribution in [3.05, 3.63) is 64.5 Å². The molecule has 0 fully saturated rings. The topological polar surface area (TPSA) is 51.2 Å². The number of aromatic nitrogens is 1. The minimum atomic E-state index is -2.89. The minimum absolute atomic E-state index is 0.00876. The van der Waals surface area contributed by atoms with E-state index in [2.05, 4.69) is 15.0 Å². The van der Waals surface area contributed by atoms with Gasteiger partial charge in [0.2, 0.25) is 0 Å². The predicted octanol–water partition coefficient (Wildman–Crippen LogP) is 4.97. The molecule has 0 radical (unpaired) electrons. The third kappa shape index (κ3) is 4.39. The van der Waals surface area contributed by atoms with Crippen molar-refractivity contribution in [3.63, 3.8) is 0 Å². The molecule has 0 atom stereocenters. The first kappa shape index (κ1) is 17.0. The minimum Gasteiger partial charge on any atom is -0.435 e. The normalized spacial score (nSPS) is 10.7. The quantitative estimate of drug-likeness (QED) is 0.699. The number of hydrogen-bond acceptors (Lipinski definition) is 4. The number of carbonyl (C=O) groups is 1. The molecule has 1 aromatic heterocycles. The smallest absolute Gasteiger partial charge is 0.387 e. The van der Waals surface area contributed by atoms with Gasteiger partial charge in [0.25, 0.3) is 5.91 Å². The molecule has 4 nitrogen and oxygen atoms in total. The van der Waals surface area contributed by atoms with Crippen molar-refractivity contribution in [2.75, 3.05) is 5.32 Å². The van der Waals surface area contributed by atoms with Crippen LogP contribution in [0.25, 0.3) is 11.3 Å². The molecule has 1 N–H and O–H groups in total. The summed E-state index contributed by atoms with van der Waals surface area (Å²) in [6.45, 7) is -0.944. The number of rotatable bonds is 5. The Hall–Kier alpha value is -2.80. The van der Waals surface area contributed by atoms with Crippen molar-refractivity contribution >= 4 is 22.9 Å². The number of anilines is 1. The van der Waals surface area contributed by atoms with Gasteiger partial charge in [0, 0.05) is 22.2 Å². The number of nitrogens with one attached hydrogen (secondary N) is 1. The van der Waals surface area contributed by atoms with Crippen molar-refractivity contribution in [3.8, 4) is 17.0 Å². The molecule has 0 aliphatic rings. The molecule has 128 valence electrons. The van der Waals surface area contributed by atoms with Crippen molar-refractivity contribution < 1.29 is 18.3 Å². The molecular formula is C18H14F2N2O2S. The lowest BCUT2D eigenvalue weighted by molar-refractivity contribution is -0.0498. The van der Waals surface area contributed by atoms with E-state index in [-0.39, 0.29) is 11.7 Å². The average molecular weight is 360 g/mol. The number of thiazole rings is 1. The Bertz CT molecular complexity index is 862. The first-order chi connectivity index (χ1) is 12.0. The molecule has 0 unspecified atom stereocenters. The summed E-state index contributed by atoms with van der Waals surface area (Å²) in [5.74, 6) is -0.324. The lowest BCUT2D eigenvalue weighted by Crippen LogP contribution is -2.11. The number of ether oxygens (including phenoxy) is 1. The van der Waals surface area contributed by atoms with Crippen LogP contribution in [0.3, 0.4) is 0 Å². The highest BCUT2D eigenvalue weighted by molar-refractivity contribution is 7.09. The second-order valence-electron chi connectivity index (χ2n) is 5.19. The van der Waals surface area contributed by atoms with Crippen LogP contribution >= 0.6 is 11.3 Å². The highest BCUT2D eigenvalue weighted by atomic mass is 32.1. The van der Waals surface area contributed by atoms with Crippen LogP contribution in [0.15, 0.2) is 53.9 Å². The van der Waals surface area contributed by atoms with Gasteiger partial charge >= 0.3 is 6.61 Å². The molecular weight excluding hydrogens is 346 g/mol. The fourth-order valence-corrected chi connectivity index (χ4v) is 2.83. The number of hydrogen-bond donors (Lipinski definition) is 1. The fourth-order valence-electron chi connectivity index (χ4n) is 2.21. The Balaban J connectivity index is 1.66. The van der Waals surface area contributed by atoms with Gasteiger partial charge in [-0.2, -0.15) is 8.78 Å². The van der Waals surface area contributed by atoms with Gasteiger partial charge in [-0.05, 0) is 43.3 Å². The maximum Gasteiger partial charge on any atom is 0.387 e. The molecule has 0 aliphatic heterocycles. The van der Waals surface area contributed by atoms with E-state index in [0.29, 0.717) is 11.3 Å². The Morgan fingerprint density at radius 2 is 1.80 bits per heavy atom. The molecule has 25 heavy (non-hydrogen) atoms. The van der Waals surface area contributed by atoms with Crippen LogP contribution in [0.5, 0.6) is 5.75 Å². The Morgan fingerprint density at radius 3 is 2.36 bits per heavy atom. The lowest BCUT2D eigenvalue weighted by Gasteiger charge is -2.07. The molecule has 7 heteroatoms. The third-order valence-corrected chi connectivity index (χ3v) is 4.17. The van der Waals surface area contributed by atoms with Gasteiger partial charge in [-0.1, -0.05) is 12.1 Å². The van der Waals surface area contributed by atoms with Crippen LogP contribution in [0.4, 0.5) is 14.5 Å². The largest absolute Gasteiger partial charge is 0.435 e. The molecule has 0 saturated heterocycles. The van der Waals surface area contributed by atoms with Gasteiger partial charge in [0.1, 0.15) is 5.75 Å². The van der Waals surface area contributed by atoms with E-state index in [0.717, 1.165) is 16.3 Å². The van der Waals surface area contributed by atoms with E-state index in [1.165, 1.54) is 24.3 Å². The molecule has 0 saturated carbocycles. The van der Waals surface area contributed by atoms with Crippen molar-refractivity contribution in [2.45, 2.75) is 13.5 Å². The summed E-state index contributed by atoms with van der Waals surface area (Å²) in [4.78, 5) is 16.6. The number of halogens is 2. The van der Waals surface area contributed by atoms with Gasteiger partial charge in [0.15, 0.2) is 0 Å². The van der Waals surface area contributed by atoms with Gasteiger partial charge in [0.05, 0.1) is 10.7 Å². The van der Waals surface area contributed by atoms with Crippen LogP contribution in [0.2, 0.25) is 0 Å². The van der Waals surface area contributed by atoms with Crippen molar-refractivity contribution in [1.82, 2.24) is 4.98 Å². The molecule has 3 rings (SSSR count). The molecule has 1 amide bonds. The zero-order valence-electron chi connectivity index (χ0n) is 13.2. The van der Waals surface area contributed by atoms with E-state index >= 15 is 0 Å². The van der Waals surface area contributed by atoms with Crippen LogP contribution in [0, 0.1) is 6.92 Å². The second-order valence-corrected chi connectivity index (χ2v) is 6.25. The molecule has 0 bridgehead atoms. The standard InChI is InChI=1S/C18H14F2N2O2S/c1-11-21-16(10-25-11)12-2-6-14(7-3-12)22-17(23)13-4-8-15(9-5-13)24-18(19)20/h2-10,18H,1H3,(H,22,23). The second kappa shape index (κ2) is 7.40. The zero-order valence-corrected chi connectivity index (χ0v) is 14.0. The summed E-state index contributed by atoms with van der Waals surface area (Å²) in [5, 5.41) is 5.73. The number of carbonyl (C=O) groups excluding carboxylic acids is 1. The van der Waals surface area contributed by atoms with E-state index in [9.17, 15) is 13.6 Å². The lowest BCUT2D eigenvalue weighted by atomic mass is 10.1. The summed E-state index contributed by atoms with van der Waals surface area (Å²) < 4.78 is 28.5. The maximum atomic E-state index is 12.2. The van der Waals surface area contributed by atoms with Gasteiger partial charge in [-0.3, -0.25) is 4.79 Å². The van der Waals surface area contributed by atoms with Gasteiger partial charge in [-0.15, -0.1) is 11.3 Å². The molecule has 0 spiro atoms. The summed E-state index contributed by atoms with van der Waals surface area (Å²) >= 11 is 1.58. The highest BCUT2D eigenvalue weighted by Gasteiger charge is 2.09. The van der Waals surface area contributed by atoms with Crippen LogP contribution < -0.4 is 10.1 Å². The van der Waals surface area contributed by atoms with Crippen LogP contribution in [-0.4, -0.2) is 17.5 Å². The Labute approximate surface area is 147 Å². The Kier molecular flexibility index (Phi) is 5.04. The van der Waals surface area contributed by atoms with Crippen LogP contribution in [-0.2, 0) is 0 Å². The Morgan fingerprint density at radius 1 is 1.12 bits per heavy atom. The molecule has 1 heterocycles. The number of amides is 1. The van der Waals surface area contributed by atoms with E-state index in [1.54, 1.807) is 23.5 Å². The summed E-state index contributed by atoms with van der Waals surface area (Å²) in [5.41, 5.74) is 2.85. The predicted molar refractivity (Wildman–Crippen MR) is 93.3 cm³/mol. The molecule has 3 aromatic rings. The number of alkyl halides is 2. The maximum absolute atomic E-state index is 12.2. The number of aryl methyl sites for hydroxylation is 1. The number of nitrogens with zero attached hydrogens (tertiary/aromatic N) is 1. The van der Waals surface area contributed by atoms with Gasteiger partial charge in [-0.25, -0.2) is 4.98 Å². The van der Waals surface area contributed by atoms with E-state index in [4.69, 9.17) is 0 Å². The average Bonchev–Trinajstić information content (AvgIpc) is 3.02. The zero-order chi connectivity index (χ0) is 17.8. The highest BCUT2D eigenvalue weighted by Crippen LogP contribution is 2.23. The third-order valence-electron chi connectivity index (χ3n) is 3.40. The molecule has 0 aliphatic carbocycles. The first-order valence-electron chi connectivity index (χ1n) is 7.40. The monoisotopic (exact) mass is 360 g/mol. The van der Waals surface area contributed by atoms with E-state index in [1.807, 2.05) is 24.4 Å². The summed E-state index contributed by atoms with van der Waals surface area (Å²) in [7, 11) is 0.